The number of nitrogens with zero attached hydrogens (tertiary/aromatic N) is 2. The van der Waals surface area contributed by atoms with Crippen LogP contribution in [0.25, 0.3) is 0 Å². The number of carboxylic acids is 4. The van der Waals surface area contributed by atoms with Gasteiger partial charge in [-0.2, -0.15) is 5.26 Å². The summed E-state index contributed by atoms with van der Waals surface area (Å²) in [7, 11) is 0. The van der Waals surface area contributed by atoms with Crippen LogP contribution in [-0.4, -0.2) is 172 Å². The zero-order valence-electron chi connectivity index (χ0n) is 16.6. The van der Waals surface area contributed by atoms with Gasteiger partial charge in [-0.05, 0) is 5.56 Å². The van der Waals surface area contributed by atoms with Crippen molar-refractivity contribution in [2.45, 2.75) is 6.42 Å². The molecule has 1 aromatic rings. The van der Waals surface area contributed by atoms with E-state index in [4.69, 9.17) is 5.26 Å². The monoisotopic (exact) mass is 658 g/mol. The Hall–Kier alpha value is -0.489. The maximum atomic E-state index is 11.1. The molecule has 0 bridgehead atoms. The average molecular weight is 658 g/mol. The number of hydrogen-bond acceptors (Lipinski definition) is 11. The van der Waals surface area contributed by atoms with Crippen LogP contribution in [0.4, 0.5) is 5.00 Å². The minimum Gasteiger partial charge on any atom is -0.550 e. The number of nitriles is 1. The summed E-state index contributed by atoms with van der Waals surface area (Å²) in [5, 5.41) is 51.9. The van der Waals surface area contributed by atoms with Crippen molar-refractivity contribution in [3.05, 3.63) is 16.0 Å². The number of carbonyl (C=O) groups excluding carboxylic acids is 4. The molecule has 21 heteroatoms. The molecule has 0 aliphatic heterocycles. The van der Waals surface area contributed by atoms with Crippen LogP contribution >= 0.6 is 11.3 Å². The molecule has 0 saturated carbocycles. The zero-order chi connectivity index (χ0) is 17.7. The van der Waals surface area contributed by atoms with Gasteiger partial charge in [0, 0.05) is 12.4 Å². The fourth-order valence-corrected chi connectivity index (χ4v) is 2.88. The molecule has 0 aliphatic carbocycles. The summed E-state index contributed by atoms with van der Waals surface area (Å²) in [4.78, 5) is 43.1. The first kappa shape index (κ1) is 63.7. The molecule has 0 aliphatic rings. The normalized spacial score (nSPS) is 6.88. The molecule has 0 radical (unpaired) electrons. The van der Waals surface area contributed by atoms with Gasteiger partial charge in [-0.3, -0.25) is 0 Å². The molecule has 0 saturated heterocycles. The van der Waals surface area contributed by atoms with E-state index in [1.807, 2.05) is 0 Å². The van der Waals surface area contributed by atoms with Crippen molar-refractivity contribution in [3.63, 3.8) is 0 Å². The van der Waals surface area contributed by atoms with E-state index in [-0.39, 0.29) is 140 Å². The van der Waals surface area contributed by atoms with Crippen molar-refractivity contribution in [1.29, 1.82) is 5.26 Å². The molecule has 0 amide bonds. The minimum atomic E-state index is -1.80. The summed E-state index contributed by atoms with van der Waals surface area (Å²) in [6.07, 6.45) is -0.937. The molecule has 18 nitrogen and oxygen atoms in total. The summed E-state index contributed by atoms with van der Waals surface area (Å²) in [6, 6.07) is 1.53. The fourth-order valence-electron chi connectivity index (χ4n) is 1.78. The Kier molecular flexibility index (Phi) is 57.0. The second-order valence-corrected chi connectivity index (χ2v) is 5.14. The third-order valence-corrected chi connectivity index (χ3v) is 3.81. The molecule has 186 valence electrons. The first-order chi connectivity index (χ1) is 10.7. The zero-order valence-corrected chi connectivity index (χ0v) is 24.4. The SMILES string of the molecule is N#Cc1c(N(CC(=O)[O-])CC(=O)[O-])sc(C(=O)[O-])c1CC(=O)[O-].O.O.O.O.O.O.O.O.[Sr+2].[Sr+2]. The van der Waals surface area contributed by atoms with Crippen LogP contribution in [0.3, 0.4) is 0 Å². The van der Waals surface area contributed by atoms with Gasteiger partial charge in [0.1, 0.15) is 11.1 Å². The molecule has 16 N–H and O–H groups in total. The number of hydrogen-bond donors (Lipinski definition) is 0. The van der Waals surface area contributed by atoms with Gasteiger partial charge in [-0.25, -0.2) is 0 Å². The molecule has 1 heterocycles. The van der Waals surface area contributed by atoms with Crippen LogP contribution in [0, 0.1) is 11.3 Å². The van der Waals surface area contributed by atoms with Gasteiger partial charge < -0.3 is 88.3 Å². The Bertz CT molecular complexity index is 722. The summed E-state index contributed by atoms with van der Waals surface area (Å²) in [5.74, 6) is -6.87. The number of carboxylic acid groups (broad SMARTS) is 4. The average Bonchev–Trinajstić information content (AvgIpc) is 2.74. The van der Waals surface area contributed by atoms with Crippen LogP contribution in [-0.2, 0) is 20.8 Å². The summed E-state index contributed by atoms with van der Waals surface area (Å²) in [5.41, 5.74) is -0.935. The van der Waals surface area contributed by atoms with Crippen LogP contribution in [0.15, 0.2) is 0 Å². The molecule has 0 atom stereocenters. The van der Waals surface area contributed by atoms with E-state index in [1.54, 1.807) is 0 Å². The third kappa shape index (κ3) is 19.5. The van der Waals surface area contributed by atoms with E-state index in [2.05, 4.69) is 0 Å². The molecular weight excluding hydrogens is 635 g/mol. The maximum absolute atomic E-state index is 11.1. The van der Waals surface area contributed by atoms with Crippen molar-refractivity contribution >= 4 is 131 Å². The smallest absolute Gasteiger partial charge is 0.550 e. The first-order valence-electron chi connectivity index (χ1n) is 5.79. The van der Waals surface area contributed by atoms with E-state index >= 15 is 0 Å². The van der Waals surface area contributed by atoms with Crippen molar-refractivity contribution in [2.75, 3.05) is 18.0 Å². The molecule has 1 aromatic heterocycles. The third-order valence-electron chi connectivity index (χ3n) is 2.53. The van der Waals surface area contributed by atoms with Gasteiger partial charge in [-0.15, -0.1) is 11.3 Å². The number of aromatic carboxylic acids is 1. The van der Waals surface area contributed by atoms with Crippen LogP contribution in [0.2, 0.25) is 0 Å². The van der Waals surface area contributed by atoms with Gasteiger partial charge >= 0.3 is 91.0 Å². The van der Waals surface area contributed by atoms with Gasteiger partial charge in [0.05, 0.1) is 41.4 Å². The van der Waals surface area contributed by atoms with Gasteiger partial charge in [0.2, 0.25) is 0 Å². The predicted octanol–water partition coefficient (Wildman–Crippen LogP) is -12.8. The molecule has 1 rings (SSSR count). The Morgan fingerprint density at radius 2 is 1.12 bits per heavy atom. The Balaban J connectivity index is -0.0000000661. The number of rotatable bonds is 8. The predicted molar refractivity (Wildman–Crippen MR) is 105 cm³/mol. The number of aliphatic carboxylic acids is 3. The van der Waals surface area contributed by atoms with E-state index in [1.165, 1.54) is 6.07 Å². The summed E-state index contributed by atoms with van der Waals surface area (Å²) in [6.45, 7) is -1.94. The maximum Gasteiger partial charge on any atom is 2.00 e. The molecule has 33 heavy (non-hydrogen) atoms. The molecule has 0 aromatic carbocycles. The van der Waals surface area contributed by atoms with Gasteiger partial charge in [0.25, 0.3) is 0 Å². The number of thiophene rings is 1. The van der Waals surface area contributed by atoms with E-state index in [0.717, 1.165) is 0 Å². The van der Waals surface area contributed by atoms with Crippen LogP contribution in [0.5, 0.6) is 0 Å². The second kappa shape index (κ2) is 29.5. The molecular formula is C12H22N2O16SSr2. The molecule has 0 spiro atoms. The quantitative estimate of drug-likeness (QED) is 0.237. The van der Waals surface area contributed by atoms with Gasteiger partial charge in [0.15, 0.2) is 0 Å². The van der Waals surface area contributed by atoms with Gasteiger partial charge in [-0.1, -0.05) is 0 Å². The molecule has 0 unspecified atom stereocenters. The van der Waals surface area contributed by atoms with Crippen LogP contribution < -0.4 is 25.3 Å². The Labute approximate surface area is 263 Å². The largest absolute Gasteiger partial charge is 2.00 e. The molecule has 0 fully saturated rings. The minimum absolute atomic E-state index is 0. The summed E-state index contributed by atoms with van der Waals surface area (Å²) >= 11 is 0.321. The van der Waals surface area contributed by atoms with Crippen molar-refractivity contribution in [1.82, 2.24) is 0 Å². The Morgan fingerprint density at radius 3 is 1.36 bits per heavy atom. The second-order valence-electron chi connectivity index (χ2n) is 4.14. The number of carbonyl (C=O) groups is 4. The first-order valence-corrected chi connectivity index (χ1v) is 6.60. The van der Waals surface area contributed by atoms with E-state index in [9.17, 15) is 39.6 Å². The van der Waals surface area contributed by atoms with E-state index < -0.39 is 59.4 Å². The number of anilines is 1. The van der Waals surface area contributed by atoms with Crippen molar-refractivity contribution < 1.29 is 83.4 Å². The fraction of sp³-hybridized carbons (Fsp3) is 0.250. The van der Waals surface area contributed by atoms with Crippen molar-refractivity contribution in [2.24, 2.45) is 0 Å². The van der Waals surface area contributed by atoms with Crippen LogP contribution in [0.1, 0.15) is 20.8 Å². The van der Waals surface area contributed by atoms with E-state index in [0.29, 0.717) is 16.2 Å². The standard InChI is InChI=1S/C12H10N2O8S.8H2O.2Sr/c13-2-6-5(1-7(15)16)10(12(21)22)23-11(6)14(3-8(17)18)4-9(19)20;;;;;;;;;;/h1,3-4H2,(H,15,16)(H,17,18)(H,19,20)(H,21,22);8*1H2;;/q;;;;;;;;;2*+2/p-4. The van der Waals surface area contributed by atoms with Crippen molar-refractivity contribution in [3.8, 4) is 6.07 Å². The topological polar surface area (TPSA) is 440 Å². The Morgan fingerprint density at radius 1 is 0.758 bits per heavy atom. The summed E-state index contributed by atoms with van der Waals surface area (Å²) < 4.78 is 0.